The quantitative estimate of drug-likeness (QED) is 0.174. The van der Waals surface area contributed by atoms with E-state index in [1.54, 1.807) is 6.08 Å². The predicted octanol–water partition coefficient (Wildman–Crippen LogP) is 7.59. The first-order chi connectivity index (χ1) is 18.3. The molecule has 0 saturated carbocycles. The third kappa shape index (κ3) is 5.35. The molecule has 0 aliphatic heterocycles. The van der Waals surface area contributed by atoms with E-state index >= 15 is 0 Å². The van der Waals surface area contributed by atoms with Crippen LogP contribution in [0.2, 0.25) is 0 Å². The van der Waals surface area contributed by atoms with E-state index in [0.717, 1.165) is 27.8 Å². The molecule has 0 aromatic heterocycles. The van der Waals surface area contributed by atoms with Gasteiger partial charge in [0.05, 0.1) is 11.6 Å². The summed E-state index contributed by atoms with van der Waals surface area (Å²) in [5.41, 5.74) is 4.33. The van der Waals surface area contributed by atoms with E-state index in [9.17, 15) is 4.79 Å². The summed E-state index contributed by atoms with van der Waals surface area (Å²) in [5.74, 6) is -0.0118. The lowest BCUT2D eigenvalue weighted by Crippen LogP contribution is -2.48. The Bertz CT molecular complexity index is 1330. The molecule has 0 fully saturated rings. The lowest BCUT2D eigenvalue weighted by Gasteiger charge is -2.40. The minimum atomic E-state index is -0.763. The Balaban J connectivity index is 1.69. The van der Waals surface area contributed by atoms with Gasteiger partial charge in [-0.1, -0.05) is 158 Å². The number of rotatable bonds is 9. The van der Waals surface area contributed by atoms with Crippen molar-refractivity contribution in [3.8, 4) is 0 Å². The van der Waals surface area contributed by atoms with E-state index < -0.39 is 11.6 Å². The van der Waals surface area contributed by atoms with Crippen LogP contribution < -0.4 is 5.32 Å². The number of hydrogen-bond donors (Lipinski definition) is 1. The first-order valence-electron chi connectivity index (χ1n) is 12.5. The van der Waals surface area contributed by atoms with Crippen molar-refractivity contribution in [2.24, 2.45) is 0 Å². The Hall–Kier alpha value is -4.53. The van der Waals surface area contributed by atoms with Gasteiger partial charge in [0.25, 0.3) is 0 Å². The molecule has 5 aromatic carbocycles. The zero-order chi connectivity index (χ0) is 25.3. The molecule has 0 heterocycles. The minimum absolute atomic E-state index is 0.0118. The molecule has 0 saturated heterocycles. The Kier molecular flexibility index (Phi) is 7.50. The molecule has 0 unspecified atom stereocenters. The molecule has 37 heavy (non-hydrogen) atoms. The first-order valence-corrected chi connectivity index (χ1v) is 12.5. The van der Waals surface area contributed by atoms with Crippen LogP contribution in [0.15, 0.2) is 158 Å². The van der Waals surface area contributed by atoms with Crippen molar-refractivity contribution in [2.75, 3.05) is 0 Å². The Morgan fingerprint density at radius 2 is 0.919 bits per heavy atom. The van der Waals surface area contributed by atoms with Crippen LogP contribution in [0, 0.1) is 0 Å². The maximum Gasteiger partial charge on any atom is 0.177 e. The van der Waals surface area contributed by atoms with Crippen molar-refractivity contribution >= 4 is 11.9 Å². The molecule has 2 heteroatoms. The zero-order valence-electron chi connectivity index (χ0n) is 20.6. The second kappa shape index (κ2) is 11.5. The van der Waals surface area contributed by atoms with E-state index in [1.807, 2.05) is 121 Å². The highest BCUT2D eigenvalue weighted by Gasteiger charge is 2.39. The van der Waals surface area contributed by atoms with Crippen molar-refractivity contribution in [3.63, 3.8) is 0 Å². The molecular weight excluding hydrogens is 450 g/mol. The third-order valence-corrected chi connectivity index (χ3v) is 6.64. The van der Waals surface area contributed by atoms with Crippen molar-refractivity contribution in [1.29, 1.82) is 0 Å². The summed E-state index contributed by atoms with van der Waals surface area (Å²) >= 11 is 0. The summed E-state index contributed by atoms with van der Waals surface area (Å²) in [6.45, 7) is 0. The van der Waals surface area contributed by atoms with Crippen LogP contribution in [-0.4, -0.2) is 5.78 Å². The topological polar surface area (TPSA) is 29.1 Å². The summed E-state index contributed by atoms with van der Waals surface area (Å²) < 4.78 is 0. The number of ketones is 1. The number of carbonyl (C=O) groups is 1. The van der Waals surface area contributed by atoms with Gasteiger partial charge in [0.2, 0.25) is 0 Å². The van der Waals surface area contributed by atoms with Crippen LogP contribution in [0.4, 0.5) is 0 Å². The SMILES string of the molecule is O=C(C=Cc1ccccc1)[C@@H](NC(c1ccccc1)(c1ccccc1)c1ccccc1)c1ccccc1. The molecular formula is C35H29NO. The molecule has 0 bridgehead atoms. The highest BCUT2D eigenvalue weighted by atomic mass is 16.1. The average Bonchev–Trinajstić information content (AvgIpc) is 2.99. The van der Waals surface area contributed by atoms with Gasteiger partial charge in [-0.05, 0) is 33.9 Å². The van der Waals surface area contributed by atoms with Crippen LogP contribution in [0.5, 0.6) is 0 Å². The van der Waals surface area contributed by atoms with Gasteiger partial charge in [-0.2, -0.15) is 0 Å². The van der Waals surface area contributed by atoms with Gasteiger partial charge in [0.15, 0.2) is 5.78 Å². The maximum atomic E-state index is 13.9. The number of hydrogen-bond acceptors (Lipinski definition) is 2. The lowest BCUT2D eigenvalue weighted by molar-refractivity contribution is -0.117. The van der Waals surface area contributed by atoms with Crippen LogP contribution in [0.1, 0.15) is 33.9 Å². The minimum Gasteiger partial charge on any atom is -0.293 e. The van der Waals surface area contributed by atoms with Crippen LogP contribution in [0.25, 0.3) is 6.08 Å². The van der Waals surface area contributed by atoms with Gasteiger partial charge in [-0.15, -0.1) is 0 Å². The standard InChI is InChI=1S/C35H29NO/c37-33(27-26-28-16-6-1-7-17-28)34(29-18-8-2-9-19-29)36-35(30-20-10-3-11-21-30,31-22-12-4-13-23-31)32-24-14-5-15-25-32/h1-27,34,36H/t34-/m0/s1. The Morgan fingerprint density at radius 3 is 1.35 bits per heavy atom. The fourth-order valence-electron chi connectivity index (χ4n) is 4.83. The molecule has 1 N–H and O–H groups in total. The molecule has 180 valence electrons. The highest BCUT2D eigenvalue weighted by molar-refractivity contribution is 5.98. The zero-order valence-corrected chi connectivity index (χ0v) is 20.6. The van der Waals surface area contributed by atoms with Crippen LogP contribution in [0.3, 0.4) is 0 Å². The smallest absolute Gasteiger partial charge is 0.177 e. The second-order valence-corrected chi connectivity index (χ2v) is 8.98. The van der Waals surface area contributed by atoms with E-state index in [4.69, 9.17) is 0 Å². The van der Waals surface area contributed by atoms with Gasteiger partial charge >= 0.3 is 0 Å². The molecule has 0 spiro atoms. The molecule has 0 aliphatic rings. The monoisotopic (exact) mass is 479 g/mol. The maximum absolute atomic E-state index is 13.9. The highest BCUT2D eigenvalue weighted by Crippen LogP contribution is 2.39. The summed E-state index contributed by atoms with van der Waals surface area (Å²) in [5, 5.41) is 3.87. The van der Waals surface area contributed by atoms with E-state index in [1.165, 1.54) is 0 Å². The predicted molar refractivity (Wildman–Crippen MR) is 152 cm³/mol. The Morgan fingerprint density at radius 1 is 0.541 bits per heavy atom. The molecule has 1 atom stereocenters. The molecule has 0 amide bonds. The van der Waals surface area contributed by atoms with Gasteiger partial charge in [0.1, 0.15) is 0 Å². The molecule has 0 radical (unpaired) electrons. The fourth-order valence-corrected chi connectivity index (χ4v) is 4.83. The van der Waals surface area contributed by atoms with Crippen LogP contribution in [-0.2, 0) is 10.3 Å². The molecule has 5 rings (SSSR count). The first kappa shape index (κ1) is 24.2. The molecule has 2 nitrogen and oxygen atoms in total. The van der Waals surface area contributed by atoms with Crippen molar-refractivity contribution < 1.29 is 4.79 Å². The van der Waals surface area contributed by atoms with Gasteiger partial charge in [-0.3, -0.25) is 10.1 Å². The summed E-state index contributed by atoms with van der Waals surface area (Å²) in [4.78, 5) is 13.9. The van der Waals surface area contributed by atoms with Crippen molar-refractivity contribution in [1.82, 2.24) is 5.32 Å². The number of carbonyl (C=O) groups excluding carboxylic acids is 1. The summed E-state index contributed by atoms with van der Waals surface area (Å²) in [7, 11) is 0. The van der Waals surface area contributed by atoms with E-state index in [2.05, 4.69) is 41.7 Å². The lowest BCUT2D eigenvalue weighted by atomic mass is 9.76. The van der Waals surface area contributed by atoms with Crippen molar-refractivity contribution in [3.05, 3.63) is 186 Å². The fraction of sp³-hybridized carbons (Fsp3) is 0.0571. The molecule has 5 aromatic rings. The van der Waals surface area contributed by atoms with Gasteiger partial charge in [-0.25, -0.2) is 0 Å². The van der Waals surface area contributed by atoms with E-state index in [0.29, 0.717) is 0 Å². The number of nitrogens with one attached hydrogen (secondary N) is 1. The summed E-state index contributed by atoms with van der Waals surface area (Å²) in [6, 6.07) is 50.4. The summed E-state index contributed by atoms with van der Waals surface area (Å²) in [6.07, 6.45) is 3.57. The normalized spacial score (nSPS) is 12.3. The second-order valence-electron chi connectivity index (χ2n) is 8.98. The van der Waals surface area contributed by atoms with Crippen molar-refractivity contribution in [2.45, 2.75) is 11.6 Å². The largest absolute Gasteiger partial charge is 0.293 e. The molecule has 0 aliphatic carbocycles. The third-order valence-electron chi connectivity index (χ3n) is 6.64. The van der Waals surface area contributed by atoms with E-state index in [-0.39, 0.29) is 5.78 Å². The average molecular weight is 480 g/mol. The van der Waals surface area contributed by atoms with Gasteiger partial charge < -0.3 is 0 Å². The van der Waals surface area contributed by atoms with Gasteiger partial charge in [0, 0.05) is 0 Å². The van der Waals surface area contributed by atoms with Crippen LogP contribution >= 0.6 is 0 Å². The Labute approximate surface area is 219 Å². The number of benzene rings is 5.